The monoisotopic (exact) mass is 214 g/mol. The van der Waals surface area contributed by atoms with E-state index in [1.165, 1.54) is 22.0 Å². The van der Waals surface area contributed by atoms with Crippen LogP contribution in [0.5, 0.6) is 0 Å². The predicted octanol–water partition coefficient (Wildman–Crippen LogP) is 2.94. The molecule has 0 saturated carbocycles. The first kappa shape index (κ1) is 11.0. The highest BCUT2D eigenvalue weighted by atomic mass is 14.9. The molecule has 0 atom stereocenters. The summed E-state index contributed by atoms with van der Waals surface area (Å²) in [4.78, 5) is 0. The summed E-state index contributed by atoms with van der Waals surface area (Å²) in [6, 6.07) is 8.75. The molecular weight excluding hydrogens is 196 g/mol. The summed E-state index contributed by atoms with van der Waals surface area (Å²) >= 11 is 0. The molecule has 0 fully saturated rings. The largest absolute Gasteiger partial charge is 0.343 e. The van der Waals surface area contributed by atoms with Gasteiger partial charge in [0.1, 0.15) is 0 Å². The lowest BCUT2D eigenvalue weighted by atomic mass is 10.1. The molecule has 0 saturated heterocycles. The Morgan fingerprint density at radius 1 is 1.38 bits per heavy atom. The molecule has 16 heavy (non-hydrogen) atoms. The van der Waals surface area contributed by atoms with Gasteiger partial charge >= 0.3 is 0 Å². The molecule has 2 heteroatoms. The summed E-state index contributed by atoms with van der Waals surface area (Å²) < 4.78 is 2.25. The number of benzene rings is 1. The van der Waals surface area contributed by atoms with Crippen LogP contribution in [-0.2, 0) is 13.1 Å². The molecule has 0 spiro atoms. The maximum Gasteiger partial charge on any atom is 0.0486 e. The van der Waals surface area contributed by atoms with Crippen LogP contribution in [0.4, 0.5) is 0 Å². The van der Waals surface area contributed by atoms with Crippen molar-refractivity contribution in [2.45, 2.75) is 20.0 Å². The second-order valence-corrected chi connectivity index (χ2v) is 4.32. The number of hydrogen-bond acceptors (Lipinski definition) is 1. The summed E-state index contributed by atoms with van der Waals surface area (Å²) in [5.41, 5.74) is 3.78. The van der Waals surface area contributed by atoms with Crippen molar-refractivity contribution in [3.63, 3.8) is 0 Å². The van der Waals surface area contributed by atoms with E-state index in [1.807, 2.05) is 7.05 Å². The summed E-state index contributed by atoms with van der Waals surface area (Å²) in [5.74, 6) is 0. The van der Waals surface area contributed by atoms with E-state index in [2.05, 4.69) is 53.8 Å². The SMILES string of the molecule is C=C(C)Cn1ccc2ccc(CNC)cc21. The molecule has 84 valence electrons. The number of nitrogens with zero attached hydrogens (tertiary/aromatic N) is 1. The highest BCUT2D eigenvalue weighted by Crippen LogP contribution is 2.18. The Balaban J connectivity index is 2.42. The maximum atomic E-state index is 3.96. The third kappa shape index (κ3) is 2.17. The summed E-state index contributed by atoms with van der Waals surface area (Å²) in [7, 11) is 1.97. The first-order valence-electron chi connectivity index (χ1n) is 5.57. The van der Waals surface area contributed by atoms with E-state index in [9.17, 15) is 0 Å². The smallest absolute Gasteiger partial charge is 0.0486 e. The van der Waals surface area contributed by atoms with Gasteiger partial charge in [0, 0.05) is 24.8 Å². The van der Waals surface area contributed by atoms with E-state index < -0.39 is 0 Å². The molecule has 2 rings (SSSR count). The van der Waals surface area contributed by atoms with Crippen LogP contribution < -0.4 is 5.32 Å². The summed E-state index contributed by atoms with van der Waals surface area (Å²) in [6.45, 7) is 7.83. The minimum Gasteiger partial charge on any atom is -0.343 e. The fraction of sp³-hybridized carbons (Fsp3) is 0.286. The van der Waals surface area contributed by atoms with E-state index >= 15 is 0 Å². The molecule has 0 unspecified atom stereocenters. The minimum absolute atomic E-state index is 0.895. The lowest BCUT2D eigenvalue weighted by molar-refractivity contribution is 0.808. The first-order valence-corrected chi connectivity index (χ1v) is 5.57. The van der Waals surface area contributed by atoms with Gasteiger partial charge in [-0.3, -0.25) is 0 Å². The average molecular weight is 214 g/mol. The third-order valence-corrected chi connectivity index (χ3v) is 2.66. The van der Waals surface area contributed by atoms with Crippen LogP contribution in [0.3, 0.4) is 0 Å². The molecule has 0 bridgehead atoms. The van der Waals surface area contributed by atoms with Gasteiger partial charge < -0.3 is 9.88 Å². The molecule has 2 aromatic rings. The molecule has 1 aromatic carbocycles. The zero-order valence-electron chi connectivity index (χ0n) is 9.96. The Hall–Kier alpha value is -1.54. The number of fused-ring (bicyclic) bond motifs is 1. The van der Waals surface area contributed by atoms with Crippen LogP contribution >= 0.6 is 0 Å². The molecule has 1 heterocycles. The predicted molar refractivity (Wildman–Crippen MR) is 69.5 cm³/mol. The van der Waals surface area contributed by atoms with Gasteiger partial charge in [-0.15, -0.1) is 0 Å². The summed E-state index contributed by atoms with van der Waals surface area (Å²) in [6.07, 6.45) is 2.13. The first-order chi connectivity index (χ1) is 7.70. The molecule has 1 aromatic heterocycles. The molecular formula is C14H18N2. The zero-order valence-corrected chi connectivity index (χ0v) is 9.96. The number of hydrogen-bond donors (Lipinski definition) is 1. The third-order valence-electron chi connectivity index (χ3n) is 2.66. The number of allylic oxidation sites excluding steroid dienone is 1. The Morgan fingerprint density at radius 2 is 2.19 bits per heavy atom. The molecule has 1 N–H and O–H groups in total. The molecule has 0 radical (unpaired) electrons. The van der Waals surface area contributed by atoms with Crippen molar-refractivity contribution in [3.8, 4) is 0 Å². The highest BCUT2D eigenvalue weighted by Gasteiger charge is 2.02. The quantitative estimate of drug-likeness (QED) is 0.774. The van der Waals surface area contributed by atoms with Crippen molar-refractivity contribution in [1.29, 1.82) is 0 Å². The molecule has 0 aliphatic heterocycles. The summed E-state index contributed by atoms with van der Waals surface area (Å²) in [5, 5.41) is 4.47. The Morgan fingerprint density at radius 3 is 2.88 bits per heavy atom. The van der Waals surface area contributed by atoms with Gasteiger partial charge in [0.15, 0.2) is 0 Å². The number of nitrogens with one attached hydrogen (secondary N) is 1. The average Bonchev–Trinajstić information content (AvgIpc) is 2.61. The second-order valence-electron chi connectivity index (χ2n) is 4.32. The van der Waals surface area contributed by atoms with Gasteiger partial charge in [0.25, 0.3) is 0 Å². The number of rotatable bonds is 4. The van der Waals surface area contributed by atoms with Crippen molar-refractivity contribution < 1.29 is 0 Å². The zero-order chi connectivity index (χ0) is 11.5. The van der Waals surface area contributed by atoms with Crippen molar-refractivity contribution in [2.75, 3.05) is 7.05 Å². The molecule has 0 aliphatic rings. The minimum atomic E-state index is 0.895. The van der Waals surface area contributed by atoms with Gasteiger partial charge in [-0.25, -0.2) is 0 Å². The van der Waals surface area contributed by atoms with Crippen molar-refractivity contribution >= 4 is 10.9 Å². The maximum absolute atomic E-state index is 3.96. The highest BCUT2D eigenvalue weighted by molar-refractivity contribution is 5.80. The number of aromatic nitrogens is 1. The standard InChI is InChI=1S/C14H18N2/c1-11(2)10-16-7-6-13-5-4-12(9-15-3)8-14(13)16/h4-8,15H,1,9-10H2,2-3H3. The molecule has 0 aliphatic carbocycles. The van der Waals surface area contributed by atoms with Crippen LogP contribution in [-0.4, -0.2) is 11.6 Å². The Bertz CT molecular complexity index is 508. The lowest BCUT2D eigenvalue weighted by Crippen LogP contribution is -2.05. The van der Waals surface area contributed by atoms with Gasteiger partial charge in [-0.05, 0) is 37.1 Å². The Labute approximate surface area is 96.6 Å². The van der Waals surface area contributed by atoms with Gasteiger partial charge in [0.05, 0.1) is 0 Å². The van der Waals surface area contributed by atoms with Gasteiger partial charge in [0.2, 0.25) is 0 Å². The fourth-order valence-electron chi connectivity index (χ4n) is 1.97. The Kier molecular flexibility index (Phi) is 3.11. The van der Waals surface area contributed by atoms with Crippen LogP contribution in [0.1, 0.15) is 12.5 Å². The molecule has 2 nitrogen and oxygen atoms in total. The van der Waals surface area contributed by atoms with E-state index in [-0.39, 0.29) is 0 Å². The fourth-order valence-corrected chi connectivity index (χ4v) is 1.97. The normalized spacial score (nSPS) is 10.9. The van der Waals surface area contributed by atoms with E-state index in [4.69, 9.17) is 0 Å². The second kappa shape index (κ2) is 4.54. The van der Waals surface area contributed by atoms with Gasteiger partial charge in [-0.2, -0.15) is 0 Å². The topological polar surface area (TPSA) is 17.0 Å². The van der Waals surface area contributed by atoms with Crippen molar-refractivity contribution in [1.82, 2.24) is 9.88 Å². The van der Waals surface area contributed by atoms with Crippen molar-refractivity contribution in [2.24, 2.45) is 0 Å². The molecule has 0 amide bonds. The van der Waals surface area contributed by atoms with Crippen molar-refractivity contribution in [3.05, 3.63) is 48.2 Å². The van der Waals surface area contributed by atoms with E-state index in [0.29, 0.717) is 0 Å². The van der Waals surface area contributed by atoms with Crippen LogP contribution in [0.15, 0.2) is 42.6 Å². The van der Waals surface area contributed by atoms with Crippen LogP contribution in [0.2, 0.25) is 0 Å². The van der Waals surface area contributed by atoms with Crippen LogP contribution in [0, 0.1) is 0 Å². The lowest BCUT2D eigenvalue weighted by Gasteiger charge is -2.06. The van der Waals surface area contributed by atoms with E-state index in [0.717, 1.165) is 13.1 Å². The van der Waals surface area contributed by atoms with E-state index in [1.54, 1.807) is 0 Å². The van der Waals surface area contributed by atoms with Gasteiger partial charge in [-0.1, -0.05) is 24.3 Å². The van der Waals surface area contributed by atoms with Crippen LogP contribution in [0.25, 0.3) is 10.9 Å².